The van der Waals surface area contributed by atoms with Crippen LogP contribution in [0.25, 0.3) is 0 Å². The van der Waals surface area contributed by atoms with Gasteiger partial charge in [0.2, 0.25) is 10.0 Å². The lowest BCUT2D eigenvalue weighted by molar-refractivity contribution is -0.0440. The number of benzene rings is 2. The average Bonchev–Trinajstić information content (AvgIpc) is 2.83. The van der Waals surface area contributed by atoms with Crippen LogP contribution in [0.1, 0.15) is 61.4 Å². The molecular weight excluding hydrogens is 436 g/mol. The van der Waals surface area contributed by atoms with Crippen molar-refractivity contribution < 1.29 is 17.9 Å². The van der Waals surface area contributed by atoms with Gasteiger partial charge in [-0.15, -0.1) is 0 Å². The molecule has 33 heavy (non-hydrogen) atoms. The third kappa shape index (κ3) is 5.31. The molecule has 2 fully saturated rings. The van der Waals surface area contributed by atoms with E-state index in [1.54, 1.807) is 24.3 Å². The van der Waals surface area contributed by atoms with Gasteiger partial charge in [-0.2, -0.15) is 4.31 Å². The SMILES string of the molecule is CC1CN(S(=O)(=O)c2ccc(C(=O)N(C)C3CCC(c4ccccc4)CC3)cc2)CC(C)O1. The van der Waals surface area contributed by atoms with Gasteiger partial charge in [-0.25, -0.2) is 8.42 Å². The highest BCUT2D eigenvalue weighted by Crippen LogP contribution is 2.34. The fourth-order valence-corrected chi connectivity index (χ4v) is 6.73. The smallest absolute Gasteiger partial charge is 0.253 e. The Balaban J connectivity index is 1.39. The van der Waals surface area contributed by atoms with Crippen LogP contribution in [0.3, 0.4) is 0 Å². The lowest BCUT2D eigenvalue weighted by atomic mass is 9.81. The molecule has 0 spiro atoms. The summed E-state index contributed by atoms with van der Waals surface area (Å²) in [6.45, 7) is 4.43. The second kappa shape index (κ2) is 9.95. The minimum absolute atomic E-state index is 0.0595. The number of ether oxygens (including phenoxy) is 1. The van der Waals surface area contributed by atoms with E-state index < -0.39 is 10.0 Å². The Morgan fingerprint density at radius 2 is 1.48 bits per heavy atom. The Bertz CT molecular complexity index is 1040. The number of morpholine rings is 1. The molecular formula is C26H34N2O4S. The van der Waals surface area contributed by atoms with E-state index in [1.807, 2.05) is 31.9 Å². The summed E-state index contributed by atoms with van der Waals surface area (Å²) in [5.41, 5.74) is 1.90. The summed E-state index contributed by atoms with van der Waals surface area (Å²) in [4.78, 5) is 15.1. The summed E-state index contributed by atoms with van der Waals surface area (Å²) in [6, 6.07) is 17.2. The molecule has 0 N–H and O–H groups in total. The van der Waals surface area contributed by atoms with Crippen LogP contribution in [0.4, 0.5) is 0 Å². The predicted octanol–water partition coefficient (Wildman–Crippen LogP) is 4.28. The molecule has 0 bridgehead atoms. The van der Waals surface area contributed by atoms with Gasteiger partial charge in [-0.1, -0.05) is 30.3 Å². The number of sulfonamides is 1. The van der Waals surface area contributed by atoms with Gasteiger partial charge >= 0.3 is 0 Å². The lowest BCUT2D eigenvalue weighted by Gasteiger charge is -2.35. The van der Waals surface area contributed by atoms with Crippen LogP contribution in [0.5, 0.6) is 0 Å². The molecule has 1 saturated heterocycles. The summed E-state index contributed by atoms with van der Waals surface area (Å²) in [7, 11) is -1.76. The van der Waals surface area contributed by atoms with E-state index in [2.05, 4.69) is 24.3 Å². The normalized spacial score (nSPS) is 26.6. The van der Waals surface area contributed by atoms with Crippen molar-refractivity contribution in [1.82, 2.24) is 9.21 Å². The lowest BCUT2D eigenvalue weighted by Crippen LogP contribution is -2.48. The molecule has 2 aromatic carbocycles. The van der Waals surface area contributed by atoms with Crippen molar-refractivity contribution >= 4 is 15.9 Å². The van der Waals surface area contributed by atoms with Gasteiger partial charge in [0, 0.05) is 31.7 Å². The maximum Gasteiger partial charge on any atom is 0.253 e. The molecule has 1 aliphatic carbocycles. The number of rotatable bonds is 5. The molecule has 1 amide bonds. The summed E-state index contributed by atoms with van der Waals surface area (Å²) >= 11 is 0. The van der Waals surface area contributed by atoms with Gasteiger partial charge in [0.15, 0.2) is 0 Å². The van der Waals surface area contributed by atoms with Crippen LogP contribution in [-0.4, -0.2) is 61.9 Å². The van der Waals surface area contributed by atoms with Crippen LogP contribution >= 0.6 is 0 Å². The molecule has 1 saturated carbocycles. The van der Waals surface area contributed by atoms with E-state index in [0.717, 1.165) is 25.7 Å². The maximum absolute atomic E-state index is 13.1. The standard InChI is InChI=1S/C26H34N2O4S/c1-19-17-28(18-20(2)32-19)33(30,31)25-15-11-23(12-16-25)26(29)27(3)24-13-9-22(10-14-24)21-7-5-4-6-8-21/h4-8,11-12,15-16,19-20,22,24H,9-10,13-14,17-18H2,1-3H3. The van der Waals surface area contributed by atoms with Gasteiger partial charge in [-0.05, 0) is 75.3 Å². The highest BCUT2D eigenvalue weighted by atomic mass is 32.2. The molecule has 0 radical (unpaired) electrons. The number of hydrogen-bond donors (Lipinski definition) is 0. The molecule has 1 heterocycles. The summed E-state index contributed by atoms with van der Waals surface area (Å²) in [5.74, 6) is 0.497. The number of hydrogen-bond acceptors (Lipinski definition) is 4. The molecule has 2 atom stereocenters. The van der Waals surface area contributed by atoms with Crippen LogP contribution in [-0.2, 0) is 14.8 Å². The van der Waals surface area contributed by atoms with Gasteiger partial charge in [-0.3, -0.25) is 4.79 Å². The molecule has 2 unspecified atom stereocenters. The van der Waals surface area contributed by atoms with Crippen molar-refractivity contribution in [2.24, 2.45) is 0 Å². The first-order chi connectivity index (χ1) is 15.8. The first-order valence-electron chi connectivity index (χ1n) is 11.8. The number of carbonyl (C=O) groups is 1. The van der Waals surface area contributed by atoms with Crippen molar-refractivity contribution in [3.05, 3.63) is 65.7 Å². The third-order valence-electron chi connectivity index (χ3n) is 6.96. The minimum Gasteiger partial charge on any atom is -0.373 e. The first-order valence-corrected chi connectivity index (χ1v) is 13.3. The van der Waals surface area contributed by atoms with Crippen molar-refractivity contribution in [3.8, 4) is 0 Å². The Labute approximate surface area is 197 Å². The van der Waals surface area contributed by atoms with Crippen LogP contribution in [0, 0.1) is 0 Å². The van der Waals surface area contributed by atoms with Crippen molar-refractivity contribution in [1.29, 1.82) is 0 Å². The van der Waals surface area contributed by atoms with E-state index >= 15 is 0 Å². The van der Waals surface area contributed by atoms with E-state index in [9.17, 15) is 13.2 Å². The van der Waals surface area contributed by atoms with E-state index in [1.165, 1.54) is 9.87 Å². The molecule has 7 heteroatoms. The average molecular weight is 471 g/mol. The summed E-state index contributed by atoms with van der Waals surface area (Å²) in [5, 5.41) is 0. The Kier molecular flexibility index (Phi) is 7.22. The van der Waals surface area contributed by atoms with Crippen LogP contribution in [0.15, 0.2) is 59.5 Å². The monoisotopic (exact) mass is 470 g/mol. The second-order valence-corrected chi connectivity index (χ2v) is 11.4. The van der Waals surface area contributed by atoms with Gasteiger partial charge in [0.1, 0.15) is 0 Å². The summed E-state index contributed by atoms with van der Waals surface area (Å²) < 4.78 is 33.3. The largest absolute Gasteiger partial charge is 0.373 e. The van der Waals surface area contributed by atoms with Crippen molar-refractivity contribution in [3.63, 3.8) is 0 Å². The van der Waals surface area contributed by atoms with E-state index in [4.69, 9.17) is 4.74 Å². The fraction of sp³-hybridized carbons (Fsp3) is 0.500. The predicted molar refractivity (Wildman–Crippen MR) is 129 cm³/mol. The summed E-state index contributed by atoms with van der Waals surface area (Å²) in [6.07, 6.45) is 3.80. The molecule has 4 rings (SSSR count). The topological polar surface area (TPSA) is 66.9 Å². The highest BCUT2D eigenvalue weighted by Gasteiger charge is 2.33. The van der Waals surface area contributed by atoms with E-state index in [0.29, 0.717) is 24.6 Å². The first kappa shape index (κ1) is 23.9. The zero-order valence-corrected chi connectivity index (χ0v) is 20.5. The maximum atomic E-state index is 13.1. The molecule has 2 aromatic rings. The molecule has 6 nitrogen and oxygen atoms in total. The van der Waals surface area contributed by atoms with Crippen molar-refractivity contribution in [2.45, 2.75) is 68.6 Å². The zero-order chi connectivity index (χ0) is 23.6. The van der Waals surface area contributed by atoms with Gasteiger partial charge in [0.25, 0.3) is 5.91 Å². The second-order valence-electron chi connectivity index (χ2n) is 9.44. The van der Waals surface area contributed by atoms with Crippen LogP contribution < -0.4 is 0 Å². The molecule has 178 valence electrons. The Morgan fingerprint density at radius 3 is 2.06 bits per heavy atom. The number of amides is 1. The van der Waals surface area contributed by atoms with Crippen molar-refractivity contribution in [2.75, 3.05) is 20.1 Å². The van der Waals surface area contributed by atoms with E-state index in [-0.39, 0.29) is 29.1 Å². The third-order valence-corrected chi connectivity index (χ3v) is 8.81. The molecule has 0 aromatic heterocycles. The van der Waals surface area contributed by atoms with Crippen LogP contribution in [0.2, 0.25) is 0 Å². The molecule has 1 aliphatic heterocycles. The quantitative estimate of drug-likeness (QED) is 0.654. The van der Waals surface area contributed by atoms with Gasteiger partial charge in [0.05, 0.1) is 17.1 Å². The molecule has 2 aliphatic rings. The Hall–Kier alpha value is -2.22. The zero-order valence-electron chi connectivity index (χ0n) is 19.7. The number of carbonyl (C=O) groups excluding carboxylic acids is 1. The Morgan fingerprint density at radius 1 is 0.909 bits per heavy atom. The fourth-order valence-electron chi connectivity index (χ4n) is 5.14. The van der Waals surface area contributed by atoms with Gasteiger partial charge < -0.3 is 9.64 Å². The number of nitrogens with zero attached hydrogens (tertiary/aromatic N) is 2. The highest BCUT2D eigenvalue weighted by molar-refractivity contribution is 7.89. The minimum atomic E-state index is -3.62.